The van der Waals surface area contributed by atoms with Crippen LogP contribution in [0, 0.1) is 17.0 Å². The first kappa shape index (κ1) is 17.1. The fraction of sp³-hybridized carbons (Fsp3) is 0.474. The Bertz CT molecular complexity index is 785. The molecule has 1 aromatic carbocycles. The molecular formula is C19H22F2N4O. The average molecular weight is 360 g/mol. The Morgan fingerprint density at radius 1 is 1.15 bits per heavy atom. The molecule has 3 heterocycles. The highest BCUT2D eigenvalue weighted by atomic mass is 19.2. The van der Waals surface area contributed by atoms with E-state index >= 15 is 0 Å². The number of likely N-dealkylation sites (tertiary alicyclic amines) is 2. The number of amides is 1. The standard InChI is InChI=1S/C19H22F2N4O/c20-16-2-1-14(7-17(16)21)10-25-12-19(8-18(25)26)3-5-24(6-4-19)11-15-9-22-13-23-15/h1-2,7,9,13H,3-6,8,10-12H2,(H,22,23). The number of aromatic nitrogens is 2. The molecule has 0 saturated carbocycles. The van der Waals surface area contributed by atoms with Gasteiger partial charge in [0.05, 0.1) is 6.33 Å². The van der Waals surface area contributed by atoms with Gasteiger partial charge in [-0.15, -0.1) is 0 Å². The maximum Gasteiger partial charge on any atom is 0.223 e. The van der Waals surface area contributed by atoms with Crippen LogP contribution in [-0.4, -0.2) is 45.3 Å². The summed E-state index contributed by atoms with van der Waals surface area (Å²) in [5.74, 6) is -1.62. The number of benzene rings is 1. The van der Waals surface area contributed by atoms with Crippen molar-refractivity contribution in [1.82, 2.24) is 19.8 Å². The van der Waals surface area contributed by atoms with Gasteiger partial charge in [0.1, 0.15) is 0 Å². The predicted octanol–water partition coefficient (Wildman–Crippen LogP) is 2.70. The van der Waals surface area contributed by atoms with Gasteiger partial charge in [-0.25, -0.2) is 13.8 Å². The second-order valence-electron chi connectivity index (χ2n) is 7.53. The molecule has 2 aliphatic rings. The van der Waals surface area contributed by atoms with E-state index in [9.17, 15) is 13.6 Å². The van der Waals surface area contributed by atoms with Crippen LogP contribution in [0.2, 0.25) is 0 Å². The minimum absolute atomic E-state index is 0.0140. The summed E-state index contributed by atoms with van der Waals surface area (Å²) in [6.45, 7) is 3.79. The van der Waals surface area contributed by atoms with Crippen molar-refractivity contribution in [3.05, 3.63) is 53.6 Å². The molecular weight excluding hydrogens is 338 g/mol. The van der Waals surface area contributed by atoms with Gasteiger partial charge in [-0.3, -0.25) is 9.69 Å². The Morgan fingerprint density at radius 3 is 2.65 bits per heavy atom. The zero-order valence-corrected chi connectivity index (χ0v) is 14.5. The Kier molecular flexibility index (Phi) is 4.48. The van der Waals surface area contributed by atoms with E-state index in [0.717, 1.165) is 44.2 Å². The van der Waals surface area contributed by atoms with Gasteiger partial charge in [-0.1, -0.05) is 6.07 Å². The molecule has 1 N–H and O–H groups in total. The van der Waals surface area contributed by atoms with Crippen LogP contribution in [0.1, 0.15) is 30.5 Å². The fourth-order valence-electron chi connectivity index (χ4n) is 4.12. The van der Waals surface area contributed by atoms with Crippen LogP contribution in [0.4, 0.5) is 8.78 Å². The van der Waals surface area contributed by atoms with Gasteiger partial charge in [-0.05, 0) is 49.0 Å². The summed E-state index contributed by atoms with van der Waals surface area (Å²) < 4.78 is 26.5. The number of nitrogens with one attached hydrogen (secondary N) is 1. The fourth-order valence-corrected chi connectivity index (χ4v) is 4.12. The van der Waals surface area contributed by atoms with E-state index in [0.29, 0.717) is 25.1 Å². The molecule has 0 unspecified atom stereocenters. The minimum atomic E-state index is -0.865. The lowest BCUT2D eigenvalue weighted by atomic mass is 9.77. The maximum absolute atomic E-state index is 13.4. The average Bonchev–Trinajstić information content (AvgIpc) is 3.22. The number of imidazole rings is 1. The first-order valence-electron chi connectivity index (χ1n) is 8.94. The van der Waals surface area contributed by atoms with Crippen molar-refractivity contribution in [2.45, 2.75) is 32.4 Å². The molecule has 2 fully saturated rings. The maximum atomic E-state index is 13.4. The summed E-state index contributed by atoms with van der Waals surface area (Å²) in [7, 11) is 0. The van der Waals surface area contributed by atoms with E-state index < -0.39 is 11.6 Å². The van der Waals surface area contributed by atoms with Gasteiger partial charge in [0.25, 0.3) is 0 Å². The minimum Gasteiger partial charge on any atom is -0.347 e. The third kappa shape index (κ3) is 3.49. The van der Waals surface area contributed by atoms with Crippen molar-refractivity contribution in [2.24, 2.45) is 5.41 Å². The molecule has 2 aliphatic heterocycles. The molecule has 4 rings (SSSR count). The van der Waals surface area contributed by atoms with E-state index in [4.69, 9.17) is 0 Å². The second kappa shape index (κ2) is 6.79. The van der Waals surface area contributed by atoms with Crippen molar-refractivity contribution in [1.29, 1.82) is 0 Å². The van der Waals surface area contributed by atoms with E-state index in [-0.39, 0.29) is 11.3 Å². The number of H-pyrrole nitrogens is 1. The SMILES string of the molecule is O=C1CC2(CCN(Cc3cnc[nH]3)CC2)CN1Cc1ccc(F)c(F)c1. The number of hydrogen-bond donors (Lipinski definition) is 1. The molecule has 0 radical (unpaired) electrons. The van der Waals surface area contributed by atoms with Gasteiger partial charge in [-0.2, -0.15) is 0 Å². The summed E-state index contributed by atoms with van der Waals surface area (Å²) in [6.07, 6.45) is 6.02. The van der Waals surface area contributed by atoms with Crippen LogP contribution in [-0.2, 0) is 17.9 Å². The Hall–Kier alpha value is -2.28. The molecule has 138 valence electrons. The summed E-state index contributed by atoms with van der Waals surface area (Å²) in [5, 5.41) is 0. The van der Waals surface area contributed by atoms with Crippen LogP contribution in [0.25, 0.3) is 0 Å². The van der Waals surface area contributed by atoms with E-state index in [2.05, 4.69) is 14.9 Å². The van der Waals surface area contributed by atoms with E-state index in [1.165, 1.54) is 6.07 Å². The number of rotatable bonds is 4. The summed E-state index contributed by atoms with van der Waals surface area (Å²) >= 11 is 0. The highest BCUT2D eigenvalue weighted by Gasteiger charge is 2.44. The molecule has 2 aromatic rings. The third-order valence-electron chi connectivity index (χ3n) is 5.63. The Balaban J connectivity index is 1.36. The molecule has 0 aliphatic carbocycles. The lowest BCUT2D eigenvalue weighted by molar-refractivity contribution is -0.128. The number of halogens is 2. The zero-order valence-electron chi connectivity index (χ0n) is 14.5. The molecule has 0 bridgehead atoms. The van der Waals surface area contributed by atoms with Crippen LogP contribution >= 0.6 is 0 Å². The molecule has 7 heteroatoms. The molecule has 1 spiro atoms. The number of carbonyl (C=O) groups is 1. The van der Waals surface area contributed by atoms with Gasteiger partial charge < -0.3 is 9.88 Å². The van der Waals surface area contributed by atoms with Gasteiger partial charge in [0.15, 0.2) is 11.6 Å². The van der Waals surface area contributed by atoms with Crippen molar-refractivity contribution < 1.29 is 13.6 Å². The van der Waals surface area contributed by atoms with Crippen molar-refractivity contribution >= 4 is 5.91 Å². The largest absolute Gasteiger partial charge is 0.347 e. The number of hydrogen-bond acceptors (Lipinski definition) is 3. The van der Waals surface area contributed by atoms with Crippen LogP contribution in [0.5, 0.6) is 0 Å². The monoisotopic (exact) mass is 360 g/mol. The predicted molar refractivity (Wildman–Crippen MR) is 91.9 cm³/mol. The number of nitrogens with zero attached hydrogens (tertiary/aromatic N) is 3. The third-order valence-corrected chi connectivity index (χ3v) is 5.63. The van der Waals surface area contributed by atoms with E-state index in [1.54, 1.807) is 17.3 Å². The first-order valence-corrected chi connectivity index (χ1v) is 8.94. The highest BCUT2D eigenvalue weighted by Crippen LogP contribution is 2.41. The first-order chi connectivity index (χ1) is 12.5. The highest BCUT2D eigenvalue weighted by molar-refractivity contribution is 5.79. The molecule has 0 atom stereocenters. The normalized spacial score (nSPS) is 20.2. The quantitative estimate of drug-likeness (QED) is 0.912. The van der Waals surface area contributed by atoms with Crippen LogP contribution < -0.4 is 0 Å². The van der Waals surface area contributed by atoms with Crippen molar-refractivity contribution in [3.63, 3.8) is 0 Å². The second-order valence-corrected chi connectivity index (χ2v) is 7.53. The molecule has 26 heavy (non-hydrogen) atoms. The Morgan fingerprint density at radius 2 is 1.96 bits per heavy atom. The van der Waals surface area contributed by atoms with Crippen molar-refractivity contribution in [2.75, 3.05) is 19.6 Å². The van der Waals surface area contributed by atoms with Gasteiger partial charge in [0, 0.05) is 37.9 Å². The zero-order chi connectivity index (χ0) is 18.1. The van der Waals surface area contributed by atoms with Crippen molar-refractivity contribution in [3.8, 4) is 0 Å². The summed E-state index contributed by atoms with van der Waals surface area (Å²) in [4.78, 5) is 23.8. The molecule has 5 nitrogen and oxygen atoms in total. The molecule has 1 amide bonds. The number of piperidine rings is 1. The van der Waals surface area contributed by atoms with E-state index in [1.807, 2.05) is 6.20 Å². The van der Waals surface area contributed by atoms with Gasteiger partial charge in [0.2, 0.25) is 5.91 Å². The Labute approximate surface area is 151 Å². The smallest absolute Gasteiger partial charge is 0.223 e. The summed E-state index contributed by atoms with van der Waals surface area (Å²) in [5.41, 5.74) is 1.74. The summed E-state index contributed by atoms with van der Waals surface area (Å²) in [6, 6.07) is 3.85. The number of carbonyl (C=O) groups excluding carboxylic acids is 1. The molecule has 1 aromatic heterocycles. The lowest BCUT2D eigenvalue weighted by Gasteiger charge is -2.38. The van der Waals surface area contributed by atoms with Gasteiger partial charge >= 0.3 is 0 Å². The van der Waals surface area contributed by atoms with Crippen LogP contribution in [0.15, 0.2) is 30.7 Å². The lowest BCUT2D eigenvalue weighted by Crippen LogP contribution is -2.41. The number of aromatic amines is 1. The topological polar surface area (TPSA) is 52.2 Å². The van der Waals surface area contributed by atoms with Crippen LogP contribution in [0.3, 0.4) is 0 Å². The molecule has 2 saturated heterocycles.